The molecule has 0 aliphatic carbocycles. The summed E-state index contributed by atoms with van der Waals surface area (Å²) < 4.78 is 27.3. The van der Waals surface area contributed by atoms with Gasteiger partial charge in [0.25, 0.3) is 0 Å². The Hall–Kier alpha value is -0.620. The van der Waals surface area contributed by atoms with E-state index in [-0.39, 0.29) is 12.1 Å². The fraction of sp³-hybridized carbons (Fsp3) is 0.538. The van der Waals surface area contributed by atoms with Gasteiger partial charge in [-0.1, -0.05) is 11.6 Å². The predicted octanol–water partition coefficient (Wildman–Crippen LogP) is 1.85. The van der Waals surface area contributed by atoms with Gasteiger partial charge in [-0.25, -0.2) is 8.42 Å². The molecule has 2 unspecified atom stereocenters. The molecule has 19 heavy (non-hydrogen) atoms. The number of hydrogen-bond acceptors (Lipinski definition) is 3. The molecule has 4 nitrogen and oxygen atoms in total. The Bertz CT molecular complexity index is 545. The Balaban J connectivity index is 1.97. The molecule has 2 bridgehead atoms. The van der Waals surface area contributed by atoms with Gasteiger partial charge in [0.2, 0.25) is 10.0 Å². The Morgan fingerprint density at radius 3 is 2.53 bits per heavy atom. The van der Waals surface area contributed by atoms with Crippen LogP contribution in [-0.4, -0.2) is 37.9 Å². The Kier molecular flexibility index (Phi) is 3.55. The summed E-state index contributed by atoms with van der Waals surface area (Å²) in [7, 11) is -3.40. The number of halogens is 1. The first-order chi connectivity index (χ1) is 9.09. The van der Waals surface area contributed by atoms with E-state index in [4.69, 9.17) is 11.6 Å². The average molecular weight is 301 g/mol. The number of nitrogens with zero attached hydrogens (tertiary/aromatic N) is 1. The third kappa shape index (κ3) is 2.40. The van der Waals surface area contributed by atoms with Crippen LogP contribution in [0.5, 0.6) is 0 Å². The summed E-state index contributed by atoms with van der Waals surface area (Å²) in [4.78, 5) is 0.343. The van der Waals surface area contributed by atoms with Crippen LogP contribution in [0.4, 0.5) is 0 Å². The molecule has 104 valence electrons. The van der Waals surface area contributed by atoms with Crippen molar-refractivity contribution in [3.8, 4) is 0 Å². The Labute approximate surface area is 118 Å². The molecule has 1 aromatic rings. The Morgan fingerprint density at radius 2 is 1.79 bits per heavy atom. The smallest absolute Gasteiger partial charge is 0.243 e. The lowest BCUT2D eigenvalue weighted by molar-refractivity contribution is 0.334. The van der Waals surface area contributed by atoms with Crippen molar-refractivity contribution >= 4 is 21.6 Å². The first kappa shape index (κ1) is 13.4. The van der Waals surface area contributed by atoms with Crippen LogP contribution in [0.1, 0.15) is 19.3 Å². The van der Waals surface area contributed by atoms with E-state index in [1.165, 1.54) is 0 Å². The molecule has 2 heterocycles. The van der Waals surface area contributed by atoms with Gasteiger partial charge in [0.1, 0.15) is 0 Å². The molecule has 2 atom stereocenters. The van der Waals surface area contributed by atoms with Crippen LogP contribution >= 0.6 is 11.6 Å². The van der Waals surface area contributed by atoms with E-state index in [1.807, 2.05) is 0 Å². The second-order valence-corrected chi connectivity index (χ2v) is 7.45. The SMILES string of the molecule is O=S(=O)(c1ccc(Cl)cc1)N1C2CCNCC1CC2. The molecule has 2 aliphatic heterocycles. The first-order valence-electron chi connectivity index (χ1n) is 6.59. The zero-order chi connectivity index (χ0) is 13.5. The van der Waals surface area contributed by atoms with Crippen molar-refractivity contribution in [1.29, 1.82) is 0 Å². The molecule has 2 aliphatic rings. The molecular weight excluding hydrogens is 284 g/mol. The molecular formula is C13H17ClN2O2S. The quantitative estimate of drug-likeness (QED) is 0.907. The fourth-order valence-corrected chi connectivity index (χ4v) is 5.08. The van der Waals surface area contributed by atoms with Crippen LogP contribution in [0.3, 0.4) is 0 Å². The minimum absolute atomic E-state index is 0.0909. The zero-order valence-electron chi connectivity index (χ0n) is 10.5. The molecule has 2 fully saturated rings. The monoisotopic (exact) mass is 300 g/mol. The highest BCUT2D eigenvalue weighted by molar-refractivity contribution is 7.89. The van der Waals surface area contributed by atoms with Crippen molar-refractivity contribution in [2.45, 2.75) is 36.2 Å². The number of hydrogen-bond donors (Lipinski definition) is 1. The van der Waals surface area contributed by atoms with Crippen molar-refractivity contribution in [1.82, 2.24) is 9.62 Å². The fourth-order valence-electron chi connectivity index (χ4n) is 3.06. The molecule has 0 amide bonds. The van der Waals surface area contributed by atoms with Gasteiger partial charge < -0.3 is 5.32 Å². The summed E-state index contributed by atoms with van der Waals surface area (Å²) in [5.74, 6) is 0. The van der Waals surface area contributed by atoms with Crippen LogP contribution in [0, 0.1) is 0 Å². The van der Waals surface area contributed by atoms with Gasteiger partial charge in [-0.05, 0) is 50.1 Å². The summed E-state index contributed by atoms with van der Waals surface area (Å²) >= 11 is 5.82. The highest BCUT2D eigenvalue weighted by Gasteiger charge is 2.42. The highest BCUT2D eigenvalue weighted by atomic mass is 35.5. The molecule has 3 rings (SSSR count). The van der Waals surface area contributed by atoms with Gasteiger partial charge in [-0.3, -0.25) is 0 Å². The van der Waals surface area contributed by atoms with Crippen molar-refractivity contribution in [3.63, 3.8) is 0 Å². The van der Waals surface area contributed by atoms with Gasteiger partial charge >= 0.3 is 0 Å². The highest BCUT2D eigenvalue weighted by Crippen LogP contribution is 2.33. The van der Waals surface area contributed by atoms with Gasteiger partial charge in [0.15, 0.2) is 0 Å². The maximum Gasteiger partial charge on any atom is 0.243 e. The Morgan fingerprint density at radius 1 is 1.11 bits per heavy atom. The lowest BCUT2D eigenvalue weighted by Gasteiger charge is -2.26. The van der Waals surface area contributed by atoms with E-state index in [2.05, 4.69) is 5.32 Å². The van der Waals surface area contributed by atoms with Crippen molar-refractivity contribution in [2.75, 3.05) is 13.1 Å². The zero-order valence-corrected chi connectivity index (χ0v) is 12.1. The number of fused-ring (bicyclic) bond motifs is 2. The second-order valence-electron chi connectivity index (χ2n) is 5.17. The minimum atomic E-state index is -3.40. The van der Waals surface area contributed by atoms with E-state index in [9.17, 15) is 8.42 Å². The van der Waals surface area contributed by atoms with E-state index in [0.29, 0.717) is 9.92 Å². The number of sulfonamides is 1. The number of nitrogens with one attached hydrogen (secondary N) is 1. The summed E-state index contributed by atoms with van der Waals surface area (Å²) in [5.41, 5.74) is 0. The molecule has 1 aromatic carbocycles. The lowest BCUT2D eigenvalue weighted by Crippen LogP contribution is -2.42. The predicted molar refractivity (Wildman–Crippen MR) is 74.8 cm³/mol. The summed E-state index contributed by atoms with van der Waals surface area (Å²) in [6.07, 6.45) is 2.81. The van der Waals surface area contributed by atoms with Crippen LogP contribution in [0.25, 0.3) is 0 Å². The van der Waals surface area contributed by atoms with Crippen LogP contribution in [-0.2, 0) is 10.0 Å². The van der Waals surface area contributed by atoms with Gasteiger partial charge in [0, 0.05) is 23.7 Å². The summed E-state index contributed by atoms with van der Waals surface area (Å²) in [6, 6.07) is 6.68. The third-order valence-corrected chi connectivity index (χ3v) is 6.25. The van der Waals surface area contributed by atoms with Crippen LogP contribution < -0.4 is 5.32 Å². The maximum atomic E-state index is 12.8. The molecule has 2 saturated heterocycles. The summed E-state index contributed by atoms with van der Waals surface area (Å²) in [5, 5.41) is 3.87. The van der Waals surface area contributed by atoms with Crippen molar-refractivity contribution < 1.29 is 8.42 Å². The number of rotatable bonds is 2. The molecule has 0 aromatic heterocycles. The third-order valence-electron chi connectivity index (χ3n) is 3.98. The van der Waals surface area contributed by atoms with Crippen LogP contribution in [0.15, 0.2) is 29.2 Å². The lowest BCUT2D eigenvalue weighted by atomic mass is 10.1. The minimum Gasteiger partial charge on any atom is -0.315 e. The molecule has 6 heteroatoms. The van der Waals surface area contributed by atoms with E-state index < -0.39 is 10.0 Å². The van der Waals surface area contributed by atoms with Crippen molar-refractivity contribution in [3.05, 3.63) is 29.3 Å². The standard InChI is InChI=1S/C13H17ClN2O2S/c14-10-1-5-13(6-2-10)19(17,18)16-11-3-4-12(16)9-15-8-7-11/h1-2,5-6,11-12,15H,3-4,7-9H2. The van der Waals surface area contributed by atoms with Gasteiger partial charge in [0.05, 0.1) is 4.90 Å². The molecule has 1 N–H and O–H groups in total. The topological polar surface area (TPSA) is 49.4 Å². The molecule has 0 spiro atoms. The van der Waals surface area contributed by atoms with E-state index >= 15 is 0 Å². The van der Waals surface area contributed by atoms with E-state index in [1.54, 1.807) is 28.6 Å². The second kappa shape index (κ2) is 5.05. The number of benzene rings is 1. The van der Waals surface area contributed by atoms with Gasteiger partial charge in [-0.2, -0.15) is 4.31 Å². The largest absolute Gasteiger partial charge is 0.315 e. The maximum absolute atomic E-state index is 12.8. The average Bonchev–Trinajstić information content (AvgIpc) is 2.64. The van der Waals surface area contributed by atoms with E-state index in [0.717, 1.165) is 32.4 Å². The van der Waals surface area contributed by atoms with Crippen molar-refractivity contribution in [2.24, 2.45) is 0 Å². The summed E-state index contributed by atoms with van der Waals surface area (Å²) in [6.45, 7) is 1.65. The molecule has 0 radical (unpaired) electrons. The molecule has 0 saturated carbocycles. The van der Waals surface area contributed by atoms with Gasteiger partial charge in [-0.15, -0.1) is 0 Å². The normalized spacial score (nSPS) is 28.3. The first-order valence-corrected chi connectivity index (χ1v) is 8.40. The van der Waals surface area contributed by atoms with Crippen LogP contribution in [0.2, 0.25) is 5.02 Å².